The standard InChI is InChI=1S/C19H19ClN2O2/c20-15-11-9-14(10-12-15)19(24)17-8-4-5-13-21(17)18(23)22(19)16-6-2-1-3-7-16/h1-3,6-7,9-12,17,24H,4-5,8,13H2. The molecule has 2 aromatic carbocycles. The van der Waals surface area contributed by atoms with Gasteiger partial charge in [0.1, 0.15) is 0 Å². The Balaban J connectivity index is 1.88. The maximum Gasteiger partial charge on any atom is 0.327 e. The number of piperidine rings is 1. The van der Waals surface area contributed by atoms with Gasteiger partial charge in [-0.25, -0.2) is 4.79 Å². The van der Waals surface area contributed by atoms with Crippen molar-refractivity contribution in [3.63, 3.8) is 0 Å². The van der Waals surface area contributed by atoms with Gasteiger partial charge in [-0.05, 0) is 43.5 Å². The largest absolute Gasteiger partial charge is 0.365 e. The van der Waals surface area contributed by atoms with Gasteiger partial charge in [-0.1, -0.05) is 41.9 Å². The molecule has 5 heteroatoms. The molecule has 2 aliphatic heterocycles. The first kappa shape index (κ1) is 15.5. The molecule has 2 unspecified atom stereocenters. The van der Waals surface area contributed by atoms with Crippen LogP contribution in [0.15, 0.2) is 54.6 Å². The molecular formula is C19H19ClN2O2. The monoisotopic (exact) mass is 342 g/mol. The molecule has 2 atom stereocenters. The Hall–Kier alpha value is -2.04. The van der Waals surface area contributed by atoms with Crippen molar-refractivity contribution in [3.05, 3.63) is 65.2 Å². The molecule has 0 bridgehead atoms. The van der Waals surface area contributed by atoms with Crippen LogP contribution in [0.25, 0.3) is 0 Å². The first-order chi connectivity index (χ1) is 11.6. The number of hydrogen-bond donors (Lipinski definition) is 1. The predicted molar refractivity (Wildman–Crippen MR) is 94.0 cm³/mol. The molecule has 124 valence electrons. The number of rotatable bonds is 2. The molecule has 0 aliphatic carbocycles. The number of halogens is 1. The number of benzene rings is 2. The lowest BCUT2D eigenvalue weighted by molar-refractivity contribution is -0.0114. The lowest BCUT2D eigenvalue weighted by atomic mass is 9.88. The van der Waals surface area contributed by atoms with E-state index in [9.17, 15) is 9.90 Å². The Morgan fingerprint density at radius 1 is 1.04 bits per heavy atom. The Bertz CT molecular complexity index is 750. The van der Waals surface area contributed by atoms with Crippen molar-refractivity contribution in [1.82, 2.24) is 4.90 Å². The van der Waals surface area contributed by atoms with Gasteiger partial charge in [-0.2, -0.15) is 0 Å². The summed E-state index contributed by atoms with van der Waals surface area (Å²) >= 11 is 6.01. The molecule has 2 heterocycles. The van der Waals surface area contributed by atoms with Crippen molar-refractivity contribution < 1.29 is 9.90 Å². The molecular weight excluding hydrogens is 324 g/mol. The van der Waals surface area contributed by atoms with Crippen LogP contribution in [-0.4, -0.2) is 28.6 Å². The third-order valence-corrected chi connectivity index (χ3v) is 5.28. The summed E-state index contributed by atoms with van der Waals surface area (Å²) in [6.07, 6.45) is 2.77. The lowest BCUT2D eigenvalue weighted by Crippen LogP contribution is -2.50. The number of carbonyl (C=O) groups excluding carboxylic acids is 1. The molecule has 0 spiro atoms. The van der Waals surface area contributed by atoms with Crippen molar-refractivity contribution >= 4 is 23.3 Å². The molecule has 1 N–H and O–H groups in total. The molecule has 0 radical (unpaired) electrons. The smallest absolute Gasteiger partial charge is 0.327 e. The summed E-state index contributed by atoms with van der Waals surface area (Å²) in [5, 5.41) is 12.4. The summed E-state index contributed by atoms with van der Waals surface area (Å²) in [4.78, 5) is 16.4. The summed E-state index contributed by atoms with van der Waals surface area (Å²) in [6, 6.07) is 16.1. The van der Waals surface area contributed by atoms with Crippen LogP contribution >= 0.6 is 11.6 Å². The highest BCUT2D eigenvalue weighted by molar-refractivity contribution is 6.30. The number of nitrogens with zero attached hydrogens (tertiary/aromatic N) is 2. The minimum absolute atomic E-state index is 0.136. The zero-order chi connectivity index (χ0) is 16.7. The van der Waals surface area contributed by atoms with E-state index in [0.29, 0.717) is 22.8 Å². The fourth-order valence-electron chi connectivity index (χ4n) is 3.90. The third kappa shape index (κ3) is 2.21. The molecule has 2 fully saturated rings. The first-order valence-electron chi connectivity index (χ1n) is 8.26. The van der Waals surface area contributed by atoms with E-state index in [0.717, 1.165) is 19.3 Å². The second-order valence-electron chi connectivity index (χ2n) is 6.39. The van der Waals surface area contributed by atoms with Gasteiger partial charge in [0, 0.05) is 22.8 Å². The summed E-state index contributed by atoms with van der Waals surface area (Å²) in [6.45, 7) is 0.683. The number of hydrogen-bond acceptors (Lipinski definition) is 2. The molecule has 2 aromatic rings. The normalized spacial score (nSPS) is 26.6. The maximum absolute atomic E-state index is 13.1. The van der Waals surface area contributed by atoms with Crippen LogP contribution in [-0.2, 0) is 5.72 Å². The van der Waals surface area contributed by atoms with Gasteiger partial charge in [-0.15, -0.1) is 0 Å². The fraction of sp³-hybridized carbons (Fsp3) is 0.316. The Kier molecular flexibility index (Phi) is 3.74. The SMILES string of the molecule is O=C1N2CCCCC2C(O)(c2ccc(Cl)cc2)N1c1ccccc1. The summed E-state index contributed by atoms with van der Waals surface area (Å²) in [5.41, 5.74) is 0.0107. The second-order valence-corrected chi connectivity index (χ2v) is 6.83. The Morgan fingerprint density at radius 2 is 1.75 bits per heavy atom. The molecule has 0 saturated carbocycles. The highest BCUT2D eigenvalue weighted by Gasteiger charge is 2.58. The quantitative estimate of drug-likeness (QED) is 0.897. The second kappa shape index (κ2) is 5.80. The molecule has 2 amide bonds. The number of anilines is 1. The minimum Gasteiger partial charge on any atom is -0.365 e. The van der Waals surface area contributed by atoms with Crippen molar-refractivity contribution in [2.45, 2.75) is 31.0 Å². The average molecular weight is 343 g/mol. The van der Waals surface area contributed by atoms with Crippen LogP contribution in [0, 0.1) is 0 Å². The zero-order valence-electron chi connectivity index (χ0n) is 13.2. The van der Waals surface area contributed by atoms with Gasteiger partial charge in [0.15, 0.2) is 5.72 Å². The van der Waals surface area contributed by atoms with Crippen molar-refractivity contribution in [1.29, 1.82) is 0 Å². The topological polar surface area (TPSA) is 43.8 Å². The van der Waals surface area contributed by atoms with E-state index in [4.69, 9.17) is 11.6 Å². The van der Waals surface area contributed by atoms with Crippen molar-refractivity contribution in [2.24, 2.45) is 0 Å². The average Bonchev–Trinajstić information content (AvgIpc) is 2.85. The summed E-state index contributed by atoms with van der Waals surface area (Å²) in [7, 11) is 0. The zero-order valence-corrected chi connectivity index (χ0v) is 14.0. The molecule has 24 heavy (non-hydrogen) atoms. The van der Waals surface area contributed by atoms with E-state index in [2.05, 4.69) is 0 Å². The van der Waals surface area contributed by atoms with E-state index in [1.54, 1.807) is 12.1 Å². The predicted octanol–water partition coefficient (Wildman–Crippen LogP) is 3.98. The van der Waals surface area contributed by atoms with Crippen molar-refractivity contribution in [2.75, 3.05) is 11.4 Å². The fourth-order valence-corrected chi connectivity index (χ4v) is 4.03. The van der Waals surface area contributed by atoms with Crippen LogP contribution in [0.3, 0.4) is 0 Å². The highest BCUT2D eigenvalue weighted by Crippen LogP contribution is 2.45. The van der Waals surface area contributed by atoms with Gasteiger partial charge < -0.3 is 10.0 Å². The number of fused-ring (bicyclic) bond motifs is 1. The van der Waals surface area contributed by atoms with E-state index < -0.39 is 5.72 Å². The van der Waals surface area contributed by atoms with Crippen LogP contribution in [0.2, 0.25) is 5.02 Å². The highest BCUT2D eigenvalue weighted by atomic mass is 35.5. The number of para-hydroxylation sites is 1. The Labute approximate surface area is 146 Å². The van der Waals surface area contributed by atoms with Gasteiger partial charge >= 0.3 is 6.03 Å². The van der Waals surface area contributed by atoms with Crippen LogP contribution in [0.1, 0.15) is 24.8 Å². The van der Waals surface area contributed by atoms with Crippen molar-refractivity contribution in [3.8, 4) is 0 Å². The Morgan fingerprint density at radius 3 is 2.46 bits per heavy atom. The summed E-state index contributed by atoms with van der Waals surface area (Å²) in [5.74, 6) is 0. The summed E-state index contributed by atoms with van der Waals surface area (Å²) < 4.78 is 0. The van der Waals surface area contributed by atoms with Gasteiger partial charge in [0.2, 0.25) is 0 Å². The van der Waals surface area contributed by atoms with Gasteiger partial charge in [0.25, 0.3) is 0 Å². The van der Waals surface area contributed by atoms with Crippen LogP contribution in [0.5, 0.6) is 0 Å². The molecule has 4 rings (SSSR count). The third-order valence-electron chi connectivity index (χ3n) is 5.03. The van der Waals surface area contributed by atoms with E-state index in [-0.39, 0.29) is 12.1 Å². The lowest BCUT2D eigenvalue weighted by Gasteiger charge is -2.38. The van der Waals surface area contributed by atoms with E-state index in [1.165, 1.54) is 4.90 Å². The molecule has 0 aromatic heterocycles. The van der Waals surface area contributed by atoms with Crippen LogP contribution < -0.4 is 4.90 Å². The molecule has 2 saturated heterocycles. The first-order valence-corrected chi connectivity index (χ1v) is 8.64. The van der Waals surface area contributed by atoms with Gasteiger partial charge in [0.05, 0.1) is 6.04 Å². The number of aliphatic hydroxyl groups is 1. The molecule has 2 aliphatic rings. The number of carbonyl (C=O) groups is 1. The molecule has 4 nitrogen and oxygen atoms in total. The van der Waals surface area contributed by atoms with E-state index >= 15 is 0 Å². The van der Waals surface area contributed by atoms with E-state index in [1.807, 2.05) is 47.4 Å². The number of amides is 2. The van der Waals surface area contributed by atoms with Crippen LogP contribution in [0.4, 0.5) is 10.5 Å². The minimum atomic E-state index is -1.39. The van der Waals surface area contributed by atoms with Gasteiger partial charge in [-0.3, -0.25) is 4.90 Å². The number of urea groups is 1. The maximum atomic E-state index is 13.1.